The first-order chi connectivity index (χ1) is 14.2. The van der Waals surface area contributed by atoms with Crippen molar-refractivity contribution in [3.8, 4) is 6.19 Å². The minimum Gasteiger partial charge on any atom is -0.445 e. The van der Waals surface area contributed by atoms with Crippen LogP contribution in [0.3, 0.4) is 0 Å². The van der Waals surface area contributed by atoms with Crippen LogP contribution in [0.1, 0.15) is 51.4 Å². The summed E-state index contributed by atoms with van der Waals surface area (Å²) in [5, 5.41) is 12.0. The van der Waals surface area contributed by atoms with Crippen molar-refractivity contribution in [1.29, 1.82) is 5.26 Å². The highest BCUT2D eigenvalue weighted by molar-refractivity contribution is 5.97. The van der Waals surface area contributed by atoms with Crippen LogP contribution in [-0.4, -0.2) is 36.7 Å². The van der Waals surface area contributed by atoms with Crippen molar-refractivity contribution < 1.29 is 9.53 Å². The number of amides is 1. The number of unbranched alkanes of at least 4 members (excludes halogenated alkanes) is 7. The summed E-state index contributed by atoms with van der Waals surface area (Å²) in [6, 6.07) is 3.44. The molecule has 158 valence electrons. The molecule has 0 saturated carbocycles. The average molecular weight is 401 g/mol. The predicted octanol–water partition coefficient (Wildman–Crippen LogP) is 3.72. The van der Waals surface area contributed by atoms with Gasteiger partial charge in [0.25, 0.3) is 0 Å². The van der Waals surface area contributed by atoms with E-state index in [2.05, 4.69) is 21.9 Å². The molecule has 0 aliphatic carbocycles. The molecule has 0 aliphatic heterocycles. The number of nitrogens with one attached hydrogen (secondary N) is 1. The number of carbonyl (C=O) groups is 1. The summed E-state index contributed by atoms with van der Waals surface area (Å²) in [6.45, 7) is 4.99. The van der Waals surface area contributed by atoms with Crippen LogP contribution in [0, 0.1) is 11.5 Å². The molecule has 1 aromatic rings. The number of hydrogen-bond acceptors (Lipinski definition) is 5. The Bertz CT molecular complexity index is 657. The number of pyridine rings is 1. The maximum atomic E-state index is 11.2. The molecule has 0 saturated heterocycles. The summed E-state index contributed by atoms with van der Waals surface area (Å²) < 4.78 is 4.83. The fraction of sp³-hybridized carbons (Fsp3) is 0.524. The molecule has 1 aromatic heterocycles. The summed E-state index contributed by atoms with van der Waals surface area (Å²) in [6.07, 6.45) is 15.2. The number of anilines is 1. The molecule has 8 nitrogen and oxygen atoms in total. The zero-order valence-corrected chi connectivity index (χ0v) is 17.1. The lowest BCUT2D eigenvalue weighted by Crippen LogP contribution is -2.33. The number of nitriles is 1. The zero-order chi connectivity index (χ0) is 21.2. The molecule has 29 heavy (non-hydrogen) atoms. The van der Waals surface area contributed by atoms with E-state index in [9.17, 15) is 10.1 Å². The number of nitrogens with two attached hydrogens (primary N) is 1. The van der Waals surface area contributed by atoms with Crippen LogP contribution in [0.25, 0.3) is 0 Å². The Hall–Kier alpha value is -3.08. The lowest BCUT2D eigenvalue weighted by atomic mass is 10.1. The van der Waals surface area contributed by atoms with Crippen molar-refractivity contribution in [2.24, 2.45) is 10.7 Å². The Morgan fingerprint density at radius 1 is 1.21 bits per heavy atom. The second-order valence-corrected chi connectivity index (χ2v) is 6.52. The zero-order valence-electron chi connectivity index (χ0n) is 17.1. The number of aliphatic imine (C=N–C) groups is 1. The summed E-state index contributed by atoms with van der Waals surface area (Å²) in [5.41, 5.74) is 6.58. The van der Waals surface area contributed by atoms with Gasteiger partial charge in [0.1, 0.15) is 6.61 Å². The summed E-state index contributed by atoms with van der Waals surface area (Å²) in [5.74, 6) is 0.209. The van der Waals surface area contributed by atoms with E-state index in [1.165, 1.54) is 17.7 Å². The normalized spacial score (nSPS) is 10.8. The molecule has 1 amide bonds. The number of guanidine groups is 1. The third-order valence-electron chi connectivity index (χ3n) is 4.21. The Morgan fingerprint density at radius 2 is 1.83 bits per heavy atom. The second-order valence-electron chi connectivity index (χ2n) is 6.52. The van der Waals surface area contributed by atoms with Gasteiger partial charge in [0.05, 0.1) is 5.69 Å². The van der Waals surface area contributed by atoms with Gasteiger partial charge in [-0.3, -0.25) is 9.98 Å². The van der Waals surface area contributed by atoms with E-state index in [0.29, 0.717) is 18.8 Å². The van der Waals surface area contributed by atoms with Crippen LogP contribution in [-0.2, 0) is 4.74 Å². The topological polar surface area (TPSA) is 117 Å². The minimum atomic E-state index is -0.383. The molecule has 3 N–H and O–H groups in total. The van der Waals surface area contributed by atoms with Gasteiger partial charge in [-0.15, -0.1) is 0 Å². The number of alkyl carbamates (subject to hydrolysis) is 1. The maximum absolute atomic E-state index is 11.2. The van der Waals surface area contributed by atoms with E-state index >= 15 is 0 Å². The van der Waals surface area contributed by atoms with Crippen molar-refractivity contribution in [2.75, 3.05) is 24.6 Å². The van der Waals surface area contributed by atoms with Crippen LogP contribution in [0.15, 0.2) is 42.2 Å². The van der Waals surface area contributed by atoms with Gasteiger partial charge >= 0.3 is 6.09 Å². The molecule has 0 bridgehead atoms. The van der Waals surface area contributed by atoms with Gasteiger partial charge in [-0.25, -0.2) is 9.69 Å². The van der Waals surface area contributed by atoms with Crippen LogP contribution in [0.5, 0.6) is 0 Å². The van der Waals surface area contributed by atoms with E-state index in [4.69, 9.17) is 10.5 Å². The van der Waals surface area contributed by atoms with Gasteiger partial charge in [0.2, 0.25) is 5.96 Å². The molecular weight excluding hydrogens is 368 g/mol. The fourth-order valence-corrected chi connectivity index (χ4v) is 2.67. The van der Waals surface area contributed by atoms with E-state index < -0.39 is 0 Å². The Kier molecular flexibility index (Phi) is 13.2. The monoisotopic (exact) mass is 400 g/mol. The first kappa shape index (κ1) is 24.0. The Balaban J connectivity index is 2.00. The number of aromatic nitrogens is 1. The third-order valence-corrected chi connectivity index (χ3v) is 4.21. The van der Waals surface area contributed by atoms with Gasteiger partial charge in [-0.2, -0.15) is 5.26 Å². The molecule has 0 unspecified atom stereocenters. The molecule has 1 heterocycles. The number of carbonyl (C=O) groups excluding carboxylic acids is 1. The standard InChI is InChI=1S/C21H32N6O2/c1-2-17-29-21(28)26-14-10-8-6-4-3-5-7-9-13-25-20(23)27(18-22)19-11-15-24-16-12-19/h2,11-12,15-16H,1,3-10,13-14,17H2,(H2,23,25)(H,26,28). The van der Waals surface area contributed by atoms with Crippen LogP contribution in [0.2, 0.25) is 0 Å². The van der Waals surface area contributed by atoms with E-state index in [1.807, 2.05) is 6.19 Å². The second kappa shape index (κ2) is 15.9. The van der Waals surface area contributed by atoms with Gasteiger partial charge < -0.3 is 15.8 Å². The van der Waals surface area contributed by atoms with Gasteiger partial charge in [-0.05, 0) is 25.0 Å². The van der Waals surface area contributed by atoms with E-state index in [0.717, 1.165) is 38.5 Å². The van der Waals surface area contributed by atoms with Crippen molar-refractivity contribution in [2.45, 2.75) is 51.4 Å². The highest BCUT2D eigenvalue weighted by Gasteiger charge is 2.08. The molecule has 0 aromatic carbocycles. The summed E-state index contributed by atoms with van der Waals surface area (Å²) in [7, 11) is 0. The predicted molar refractivity (Wildman–Crippen MR) is 115 cm³/mol. The molecule has 0 atom stereocenters. The van der Waals surface area contributed by atoms with Gasteiger partial charge in [-0.1, -0.05) is 51.2 Å². The lowest BCUT2D eigenvalue weighted by Gasteiger charge is -2.13. The van der Waals surface area contributed by atoms with Gasteiger partial charge in [0.15, 0.2) is 6.19 Å². The molecular formula is C21H32N6O2. The van der Waals surface area contributed by atoms with Crippen LogP contribution < -0.4 is 16.0 Å². The maximum Gasteiger partial charge on any atom is 0.407 e. The quantitative estimate of drug-likeness (QED) is 0.123. The van der Waals surface area contributed by atoms with Crippen molar-refractivity contribution in [3.05, 3.63) is 37.2 Å². The highest BCUT2D eigenvalue weighted by Crippen LogP contribution is 2.11. The summed E-state index contributed by atoms with van der Waals surface area (Å²) in [4.78, 5) is 20.7. The average Bonchev–Trinajstić information content (AvgIpc) is 2.74. The van der Waals surface area contributed by atoms with E-state index in [-0.39, 0.29) is 18.7 Å². The Labute approximate surface area is 173 Å². The number of rotatable bonds is 14. The molecule has 0 spiro atoms. The van der Waals surface area contributed by atoms with Crippen molar-refractivity contribution in [3.63, 3.8) is 0 Å². The van der Waals surface area contributed by atoms with Crippen molar-refractivity contribution in [1.82, 2.24) is 10.3 Å². The lowest BCUT2D eigenvalue weighted by molar-refractivity contribution is 0.158. The first-order valence-corrected chi connectivity index (χ1v) is 10.1. The molecule has 0 aliphatic rings. The SMILES string of the molecule is C=CCOC(=O)NCCCCCCCCCCN=C(N)N(C#N)c1ccncc1. The number of hydrogen-bond donors (Lipinski definition) is 2. The number of nitrogens with zero attached hydrogens (tertiary/aromatic N) is 4. The highest BCUT2D eigenvalue weighted by atomic mass is 16.5. The molecule has 0 radical (unpaired) electrons. The third kappa shape index (κ3) is 11.4. The smallest absolute Gasteiger partial charge is 0.407 e. The Morgan fingerprint density at radius 3 is 2.45 bits per heavy atom. The minimum absolute atomic E-state index is 0.209. The summed E-state index contributed by atoms with van der Waals surface area (Å²) >= 11 is 0. The number of ether oxygens (including phenoxy) is 1. The molecule has 1 rings (SSSR count). The van der Waals surface area contributed by atoms with Gasteiger partial charge in [0, 0.05) is 25.5 Å². The van der Waals surface area contributed by atoms with Crippen LogP contribution in [0.4, 0.5) is 10.5 Å². The first-order valence-electron chi connectivity index (χ1n) is 10.1. The molecule has 8 heteroatoms. The van der Waals surface area contributed by atoms with Crippen molar-refractivity contribution >= 4 is 17.7 Å². The fourth-order valence-electron chi connectivity index (χ4n) is 2.67. The molecule has 0 fully saturated rings. The largest absolute Gasteiger partial charge is 0.445 e. The van der Waals surface area contributed by atoms with E-state index in [1.54, 1.807) is 30.6 Å². The van der Waals surface area contributed by atoms with Crippen LogP contribution >= 0.6 is 0 Å².